The van der Waals surface area contributed by atoms with Crippen molar-refractivity contribution in [1.82, 2.24) is 9.80 Å². The van der Waals surface area contributed by atoms with Gasteiger partial charge in [0.15, 0.2) is 0 Å². The third-order valence-corrected chi connectivity index (χ3v) is 5.16. The van der Waals surface area contributed by atoms with Crippen molar-refractivity contribution >= 4 is 23.4 Å². The lowest BCUT2D eigenvalue weighted by Gasteiger charge is -2.24. The summed E-state index contributed by atoms with van der Waals surface area (Å²) in [7, 11) is 0. The van der Waals surface area contributed by atoms with Crippen molar-refractivity contribution in [2.75, 3.05) is 18.4 Å². The Hall–Kier alpha value is -2.37. The molecule has 3 amide bonds. The quantitative estimate of drug-likeness (QED) is 0.850. The highest BCUT2D eigenvalue weighted by atomic mass is 16.2. The molecule has 6 nitrogen and oxygen atoms in total. The predicted molar refractivity (Wildman–Crippen MR) is 99.3 cm³/mol. The topological polar surface area (TPSA) is 69.7 Å². The third-order valence-electron chi connectivity index (χ3n) is 5.16. The molecule has 2 fully saturated rings. The van der Waals surface area contributed by atoms with Crippen molar-refractivity contribution in [3.63, 3.8) is 0 Å². The van der Waals surface area contributed by atoms with Gasteiger partial charge in [-0.3, -0.25) is 14.4 Å². The van der Waals surface area contributed by atoms with E-state index in [1.807, 2.05) is 31.2 Å². The molecule has 2 aliphatic rings. The van der Waals surface area contributed by atoms with Gasteiger partial charge in [-0.15, -0.1) is 0 Å². The zero-order valence-electron chi connectivity index (χ0n) is 15.5. The molecule has 1 unspecified atom stereocenters. The maximum atomic E-state index is 12.7. The maximum absolute atomic E-state index is 12.7. The molecule has 26 heavy (non-hydrogen) atoms. The minimum atomic E-state index is -0.365. The molecule has 1 saturated carbocycles. The number of anilines is 1. The van der Waals surface area contributed by atoms with E-state index < -0.39 is 0 Å². The SMILES string of the molecule is CCN(Cc1cccc(NC(=O)C2CCCN2C(=O)C2CC2)c1)C(C)=O. The molecular weight excluding hydrogens is 330 g/mol. The van der Waals surface area contributed by atoms with E-state index >= 15 is 0 Å². The number of hydrogen-bond donors (Lipinski definition) is 1. The zero-order valence-corrected chi connectivity index (χ0v) is 15.5. The van der Waals surface area contributed by atoms with Crippen LogP contribution in [-0.2, 0) is 20.9 Å². The van der Waals surface area contributed by atoms with Gasteiger partial charge in [-0.1, -0.05) is 12.1 Å². The second kappa shape index (κ2) is 7.89. The van der Waals surface area contributed by atoms with Gasteiger partial charge in [0.25, 0.3) is 0 Å². The zero-order chi connectivity index (χ0) is 18.7. The van der Waals surface area contributed by atoms with Crippen molar-refractivity contribution in [3.8, 4) is 0 Å². The van der Waals surface area contributed by atoms with Crippen molar-refractivity contribution in [1.29, 1.82) is 0 Å². The van der Waals surface area contributed by atoms with Crippen molar-refractivity contribution in [2.45, 2.75) is 52.1 Å². The second-order valence-electron chi connectivity index (χ2n) is 7.19. The first-order valence-corrected chi connectivity index (χ1v) is 9.45. The van der Waals surface area contributed by atoms with Crippen molar-refractivity contribution in [2.24, 2.45) is 5.92 Å². The molecular formula is C20H27N3O3. The van der Waals surface area contributed by atoms with Gasteiger partial charge in [0.1, 0.15) is 6.04 Å². The average molecular weight is 357 g/mol. The molecule has 0 aromatic heterocycles. The fourth-order valence-electron chi connectivity index (χ4n) is 3.51. The Morgan fingerprint density at radius 2 is 2.00 bits per heavy atom. The van der Waals surface area contributed by atoms with Crippen LogP contribution in [0.1, 0.15) is 45.1 Å². The van der Waals surface area contributed by atoms with Gasteiger partial charge in [0.2, 0.25) is 17.7 Å². The smallest absolute Gasteiger partial charge is 0.247 e. The van der Waals surface area contributed by atoms with E-state index in [4.69, 9.17) is 0 Å². The number of amides is 3. The lowest BCUT2D eigenvalue weighted by molar-refractivity contribution is -0.137. The third kappa shape index (κ3) is 4.23. The number of carbonyl (C=O) groups excluding carboxylic acids is 3. The normalized spacial score (nSPS) is 19.3. The summed E-state index contributed by atoms with van der Waals surface area (Å²) in [5, 5.41) is 2.95. The summed E-state index contributed by atoms with van der Waals surface area (Å²) in [4.78, 5) is 40.2. The predicted octanol–water partition coefficient (Wildman–Crippen LogP) is 2.39. The molecule has 1 aromatic carbocycles. The summed E-state index contributed by atoms with van der Waals surface area (Å²) in [6.07, 6.45) is 3.50. The van der Waals surface area contributed by atoms with Gasteiger partial charge in [-0.2, -0.15) is 0 Å². The Morgan fingerprint density at radius 1 is 1.23 bits per heavy atom. The minimum absolute atomic E-state index is 0.0297. The Labute approximate surface area is 154 Å². The average Bonchev–Trinajstić information content (AvgIpc) is 3.35. The molecule has 0 radical (unpaired) electrons. The summed E-state index contributed by atoms with van der Waals surface area (Å²) < 4.78 is 0. The summed E-state index contributed by atoms with van der Waals surface area (Å²) >= 11 is 0. The van der Waals surface area contributed by atoms with Crippen LogP contribution in [0.2, 0.25) is 0 Å². The highest BCUT2D eigenvalue weighted by molar-refractivity contribution is 5.98. The Balaban J connectivity index is 1.64. The number of rotatable bonds is 6. The number of nitrogens with zero attached hydrogens (tertiary/aromatic N) is 2. The van der Waals surface area contributed by atoms with Crippen LogP contribution < -0.4 is 5.32 Å². The summed E-state index contributed by atoms with van der Waals surface area (Å²) in [6, 6.07) is 7.19. The fraction of sp³-hybridized carbons (Fsp3) is 0.550. The van der Waals surface area contributed by atoms with E-state index in [1.165, 1.54) is 0 Å². The van der Waals surface area contributed by atoms with Crippen LogP contribution in [-0.4, -0.2) is 46.7 Å². The van der Waals surface area contributed by atoms with Crippen LogP contribution in [0.5, 0.6) is 0 Å². The molecule has 1 heterocycles. The van der Waals surface area contributed by atoms with Gasteiger partial charge in [0, 0.05) is 38.2 Å². The standard InChI is InChI=1S/C20H27N3O3/c1-3-22(14(2)24)13-15-6-4-7-17(12-15)21-19(25)18-8-5-11-23(18)20(26)16-9-10-16/h4,6-7,12,16,18H,3,5,8-11,13H2,1-2H3,(H,21,25). The van der Waals surface area contributed by atoms with Crippen LogP contribution >= 0.6 is 0 Å². The minimum Gasteiger partial charge on any atom is -0.339 e. The van der Waals surface area contributed by atoms with E-state index in [-0.39, 0.29) is 29.7 Å². The molecule has 6 heteroatoms. The number of hydrogen-bond acceptors (Lipinski definition) is 3. The van der Waals surface area contributed by atoms with Gasteiger partial charge in [-0.05, 0) is 50.3 Å². The van der Waals surface area contributed by atoms with E-state index in [2.05, 4.69) is 5.32 Å². The van der Waals surface area contributed by atoms with Gasteiger partial charge in [-0.25, -0.2) is 0 Å². The fourth-order valence-corrected chi connectivity index (χ4v) is 3.51. The van der Waals surface area contributed by atoms with Crippen LogP contribution in [0, 0.1) is 5.92 Å². The number of likely N-dealkylation sites (tertiary alicyclic amines) is 1. The first-order valence-electron chi connectivity index (χ1n) is 9.45. The summed E-state index contributed by atoms with van der Waals surface area (Å²) in [6.45, 7) is 5.34. The Morgan fingerprint density at radius 3 is 2.65 bits per heavy atom. The maximum Gasteiger partial charge on any atom is 0.247 e. The van der Waals surface area contributed by atoms with Crippen LogP contribution in [0.25, 0.3) is 0 Å². The molecule has 1 N–H and O–H groups in total. The van der Waals surface area contributed by atoms with E-state index in [0.29, 0.717) is 25.3 Å². The largest absolute Gasteiger partial charge is 0.339 e. The van der Waals surface area contributed by atoms with Crippen molar-refractivity contribution < 1.29 is 14.4 Å². The van der Waals surface area contributed by atoms with E-state index in [0.717, 1.165) is 31.2 Å². The summed E-state index contributed by atoms with van der Waals surface area (Å²) in [5.74, 6) is 0.185. The van der Waals surface area contributed by atoms with Crippen LogP contribution in [0.15, 0.2) is 24.3 Å². The van der Waals surface area contributed by atoms with Gasteiger partial charge >= 0.3 is 0 Å². The van der Waals surface area contributed by atoms with Crippen LogP contribution in [0.4, 0.5) is 5.69 Å². The van der Waals surface area contributed by atoms with E-state index in [1.54, 1.807) is 16.7 Å². The lowest BCUT2D eigenvalue weighted by atomic mass is 10.1. The lowest BCUT2D eigenvalue weighted by Crippen LogP contribution is -2.43. The van der Waals surface area contributed by atoms with Gasteiger partial charge < -0.3 is 15.1 Å². The highest BCUT2D eigenvalue weighted by Gasteiger charge is 2.40. The van der Waals surface area contributed by atoms with Crippen molar-refractivity contribution in [3.05, 3.63) is 29.8 Å². The molecule has 1 aliphatic carbocycles. The molecule has 3 rings (SSSR count). The Kier molecular flexibility index (Phi) is 5.59. The molecule has 1 aliphatic heterocycles. The number of nitrogens with one attached hydrogen (secondary N) is 1. The van der Waals surface area contributed by atoms with E-state index in [9.17, 15) is 14.4 Å². The molecule has 140 valence electrons. The molecule has 1 aromatic rings. The highest BCUT2D eigenvalue weighted by Crippen LogP contribution is 2.33. The van der Waals surface area contributed by atoms with Gasteiger partial charge in [0.05, 0.1) is 0 Å². The molecule has 1 saturated heterocycles. The van der Waals surface area contributed by atoms with Crippen LogP contribution in [0.3, 0.4) is 0 Å². The Bertz CT molecular complexity index is 699. The molecule has 0 spiro atoms. The second-order valence-corrected chi connectivity index (χ2v) is 7.19. The first-order chi connectivity index (χ1) is 12.5. The number of carbonyl (C=O) groups is 3. The molecule has 1 atom stereocenters. The molecule has 0 bridgehead atoms. The first kappa shape index (κ1) is 18.4. The summed E-state index contributed by atoms with van der Waals surface area (Å²) in [5.41, 5.74) is 1.68. The number of benzene rings is 1. The monoisotopic (exact) mass is 357 g/mol.